The highest BCUT2D eigenvalue weighted by atomic mass is 19.1. The van der Waals surface area contributed by atoms with Crippen LogP contribution in [0, 0.1) is 11.7 Å². The van der Waals surface area contributed by atoms with Gasteiger partial charge in [0.2, 0.25) is 0 Å². The summed E-state index contributed by atoms with van der Waals surface area (Å²) in [6.45, 7) is 0.945. The topological polar surface area (TPSA) is 79.0 Å². The average molecular weight is 302 g/mol. The molecule has 3 rings (SSSR count). The molecule has 1 amide bonds. The van der Waals surface area contributed by atoms with E-state index in [0.29, 0.717) is 18.7 Å². The SMILES string of the molecule is O=C(c1ccc(F)cc1)[C@@H]1CCCN(C(=O)c2cn[nH]n2)C1. The maximum atomic E-state index is 12.9. The zero-order chi connectivity index (χ0) is 15.5. The van der Waals surface area contributed by atoms with Crippen molar-refractivity contribution in [3.05, 3.63) is 47.5 Å². The predicted molar refractivity (Wildman–Crippen MR) is 75.7 cm³/mol. The third-order valence-electron chi connectivity index (χ3n) is 3.84. The van der Waals surface area contributed by atoms with E-state index in [1.165, 1.54) is 30.5 Å². The minimum Gasteiger partial charge on any atom is -0.336 e. The molecule has 2 heterocycles. The maximum absolute atomic E-state index is 12.9. The molecule has 1 atom stereocenters. The number of piperidine rings is 1. The van der Waals surface area contributed by atoms with E-state index in [1.54, 1.807) is 4.90 Å². The summed E-state index contributed by atoms with van der Waals surface area (Å²) in [6.07, 6.45) is 2.84. The number of Topliss-reactive ketones (excluding diaryl/α,β-unsaturated/α-hetero) is 1. The molecule has 0 spiro atoms. The summed E-state index contributed by atoms with van der Waals surface area (Å²) in [5.41, 5.74) is 0.719. The Morgan fingerprint density at radius 3 is 2.73 bits per heavy atom. The molecule has 0 unspecified atom stereocenters. The Kier molecular flexibility index (Phi) is 3.95. The van der Waals surface area contributed by atoms with Gasteiger partial charge < -0.3 is 4.90 Å². The second kappa shape index (κ2) is 6.05. The molecule has 1 N–H and O–H groups in total. The normalized spacial score (nSPS) is 18.2. The Balaban J connectivity index is 1.71. The van der Waals surface area contributed by atoms with E-state index in [-0.39, 0.29) is 29.1 Å². The number of rotatable bonds is 3. The summed E-state index contributed by atoms with van der Waals surface area (Å²) in [5.74, 6) is -0.930. The van der Waals surface area contributed by atoms with Crippen molar-refractivity contribution < 1.29 is 14.0 Å². The zero-order valence-electron chi connectivity index (χ0n) is 11.8. The highest BCUT2D eigenvalue weighted by Crippen LogP contribution is 2.22. The molecule has 114 valence electrons. The van der Waals surface area contributed by atoms with Crippen LogP contribution in [0.5, 0.6) is 0 Å². The molecule has 0 bridgehead atoms. The van der Waals surface area contributed by atoms with Crippen molar-refractivity contribution >= 4 is 11.7 Å². The average Bonchev–Trinajstić information content (AvgIpc) is 3.09. The molecule has 0 saturated carbocycles. The first kappa shape index (κ1) is 14.4. The molecule has 1 fully saturated rings. The monoisotopic (exact) mass is 302 g/mol. The van der Waals surface area contributed by atoms with Gasteiger partial charge in [-0.15, -0.1) is 0 Å². The molecule has 6 nitrogen and oxygen atoms in total. The van der Waals surface area contributed by atoms with Crippen molar-refractivity contribution in [3.8, 4) is 0 Å². The van der Waals surface area contributed by atoms with Gasteiger partial charge in [0, 0.05) is 24.6 Å². The lowest BCUT2D eigenvalue weighted by Crippen LogP contribution is -2.42. The zero-order valence-corrected chi connectivity index (χ0v) is 11.8. The second-order valence-corrected chi connectivity index (χ2v) is 5.32. The van der Waals surface area contributed by atoms with Crippen LogP contribution in [0.15, 0.2) is 30.5 Å². The number of likely N-dealkylation sites (tertiary alicyclic amines) is 1. The number of ketones is 1. The number of nitrogens with one attached hydrogen (secondary N) is 1. The Morgan fingerprint density at radius 1 is 1.27 bits per heavy atom. The molecule has 0 radical (unpaired) electrons. The quantitative estimate of drug-likeness (QED) is 0.875. The van der Waals surface area contributed by atoms with Crippen molar-refractivity contribution in [2.24, 2.45) is 5.92 Å². The van der Waals surface area contributed by atoms with Crippen LogP contribution in [0.1, 0.15) is 33.7 Å². The molecule has 22 heavy (non-hydrogen) atoms. The molecule has 7 heteroatoms. The molecule has 1 aliphatic rings. The van der Waals surface area contributed by atoms with Gasteiger partial charge in [-0.05, 0) is 37.1 Å². The summed E-state index contributed by atoms with van der Waals surface area (Å²) in [6, 6.07) is 5.51. The standard InChI is InChI=1S/C15H15FN4O2/c16-12-5-3-10(4-6-12)14(21)11-2-1-7-20(9-11)15(22)13-8-17-19-18-13/h3-6,8,11H,1-2,7,9H2,(H,17,18,19)/t11-/m1/s1. The van der Waals surface area contributed by atoms with Crippen LogP contribution >= 0.6 is 0 Å². The van der Waals surface area contributed by atoms with Crippen LogP contribution in [0.3, 0.4) is 0 Å². The molecule has 1 aliphatic heterocycles. The Hall–Kier alpha value is -2.57. The summed E-state index contributed by atoms with van der Waals surface area (Å²) < 4.78 is 12.9. The molecule has 2 aromatic rings. The number of nitrogens with zero attached hydrogens (tertiary/aromatic N) is 3. The van der Waals surface area contributed by atoms with E-state index in [0.717, 1.165) is 12.8 Å². The first-order valence-electron chi connectivity index (χ1n) is 7.10. The largest absolute Gasteiger partial charge is 0.336 e. The highest BCUT2D eigenvalue weighted by molar-refractivity contribution is 5.99. The molecular formula is C15H15FN4O2. The van der Waals surface area contributed by atoms with E-state index in [4.69, 9.17) is 0 Å². The van der Waals surface area contributed by atoms with Crippen LogP contribution in [0.25, 0.3) is 0 Å². The minimum atomic E-state index is -0.372. The number of benzene rings is 1. The van der Waals surface area contributed by atoms with Gasteiger partial charge in [0.1, 0.15) is 5.82 Å². The summed E-state index contributed by atoms with van der Waals surface area (Å²) >= 11 is 0. The number of aromatic amines is 1. The van der Waals surface area contributed by atoms with Crippen molar-refractivity contribution in [1.82, 2.24) is 20.3 Å². The number of amides is 1. The highest BCUT2D eigenvalue weighted by Gasteiger charge is 2.30. The molecule has 1 aromatic heterocycles. The number of H-pyrrole nitrogens is 1. The third-order valence-corrected chi connectivity index (χ3v) is 3.84. The van der Waals surface area contributed by atoms with Gasteiger partial charge in [-0.2, -0.15) is 15.4 Å². The maximum Gasteiger partial charge on any atom is 0.276 e. The first-order valence-corrected chi connectivity index (χ1v) is 7.10. The van der Waals surface area contributed by atoms with Gasteiger partial charge in [-0.1, -0.05) is 0 Å². The van der Waals surface area contributed by atoms with Crippen LogP contribution in [-0.2, 0) is 0 Å². The fraction of sp³-hybridized carbons (Fsp3) is 0.333. The van der Waals surface area contributed by atoms with Crippen LogP contribution in [-0.4, -0.2) is 45.1 Å². The lowest BCUT2D eigenvalue weighted by molar-refractivity contribution is 0.0632. The van der Waals surface area contributed by atoms with Gasteiger partial charge in [0.15, 0.2) is 11.5 Å². The van der Waals surface area contributed by atoms with Crippen LogP contribution in [0.4, 0.5) is 4.39 Å². The lowest BCUT2D eigenvalue weighted by Gasteiger charge is -2.31. The van der Waals surface area contributed by atoms with Gasteiger partial charge in [-0.3, -0.25) is 9.59 Å². The van der Waals surface area contributed by atoms with Crippen molar-refractivity contribution in [2.75, 3.05) is 13.1 Å². The number of carbonyl (C=O) groups is 2. The Bertz CT molecular complexity index is 669. The van der Waals surface area contributed by atoms with E-state index in [1.807, 2.05) is 0 Å². The Morgan fingerprint density at radius 2 is 2.05 bits per heavy atom. The molecule has 0 aliphatic carbocycles. The predicted octanol–water partition coefficient (Wildman–Crippen LogP) is 1.68. The van der Waals surface area contributed by atoms with E-state index >= 15 is 0 Å². The number of halogens is 1. The van der Waals surface area contributed by atoms with Crippen molar-refractivity contribution in [3.63, 3.8) is 0 Å². The van der Waals surface area contributed by atoms with E-state index in [9.17, 15) is 14.0 Å². The number of hydrogen-bond acceptors (Lipinski definition) is 4. The fourth-order valence-corrected chi connectivity index (χ4v) is 2.69. The van der Waals surface area contributed by atoms with Crippen LogP contribution in [0.2, 0.25) is 0 Å². The lowest BCUT2D eigenvalue weighted by atomic mass is 9.90. The minimum absolute atomic E-state index is 0.0577. The van der Waals surface area contributed by atoms with E-state index in [2.05, 4.69) is 15.4 Å². The van der Waals surface area contributed by atoms with Gasteiger partial charge in [0.05, 0.1) is 6.20 Å². The summed E-state index contributed by atoms with van der Waals surface area (Å²) in [5, 5.41) is 9.80. The smallest absolute Gasteiger partial charge is 0.276 e. The Labute approximate surface area is 126 Å². The summed E-state index contributed by atoms with van der Waals surface area (Å²) in [7, 11) is 0. The van der Waals surface area contributed by atoms with E-state index < -0.39 is 0 Å². The van der Waals surface area contributed by atoms with Crippen LogP contribution < -0.4 is 0 Å². The van der Waals surface area contributed by atoms with Gasteiger partial charge in [0.25, 0.3) is 5.91 Å². The fourth-order valence-electron chi connectivity index (χ4n) is 2.69. The molecule has 1 aromatic carbocycles. The van der Waals surface area contributed by atoms with Crippen molar-refractivity contribution in [2.45, 2.75) is 12.8 Å². The molecular weight excluding hydrogens is 287 g/mol. The number of aromatic nitrogens is 3. The molecule has 1 saturated heterocycles. The first-order chi connectivity index (χ1) is 10.6. The number of carbonyl (C=O) groups excluding carboxylic acids is 2. The van der Waals surface area contributed by atoms with Crippen molar-refractivity contribution in [1.29, 1.82) is 0 Å². The van der Waals surface area contributed by atoms with Gasteiger partial charge >= 0.3 is 0 Å². The number of hydrogen-bond donors (Lipinski definition) is 1. The van der Waals surface area contributed by atoms with Gasteiger partial charge in [-0.25, -0.2) is 4.39 Å². The second-order valence-electron chi connectivity index (χ2n) is 5.32. The summed E-state index contributed by atoms with van der Waals surface area (Å²) in [4.78, 5) is 26.3. The third kappa shape index (κ3) is 2.88.